The molecule has 1 saturated heterocycles. The molecule has 0 atom stereocenters. The van der Waals surface area contributed by atoms with E-state index in [1.54, 1.807) is 0 Å². The van der Waals surface area contributed by atoms with Gasteiger partial charge in [-0.25, -0.2) is 9.97 Å². The van der Waals surface area contributed by atoms with Gasteiger partial charge >= 0.3 is 0 Å². The summed E-state index contributed by atoms with van der Waals surface area (Å²) in [7, 11) is 0. The first kappa shape index (κ1) is 15.0. The number of aromatic nitrogens is 3. The van der Waals surface area contributed by atoms with Crippen molar-refractivity contribution in [2.24, 2.45) is 0 Å². The fraction of sp³-hybridized carbons (Fsp3) is 0.588. The van der Waals surface area contributed by atoms with Crippen LogP contribution in [0.1, 0.15) is 45.9 Å². The van der Waals surface area contributed by atoms with Gasteiger partial charge in [0.2, 0.25) is 5.91 Å². The predicted molar refractivity (Wildman–Crippen MR) is 86.7 cm³/mol. The molecule has 0 aromatic carbocycles. The van der Waals surface area contributed by atoms with Gasteiger partial charge in [0.15, 0.2) is 0 Å². The van der Waals surface area contributed by atoms with Gasteiger partial charge in [0.05, 0.1) is 0 Å². The zero-order chi connectivity index (χ0) is 15.7. The summed E-state index contributed by atoms with van der Waals surface area (Å²) < 4.78 is 1.95. The number of fused-ring (bicyclic) bond motifs is 1. The Hall–Kier alpha value is -1.91. The second kappa shape index (κ2) is 5.71. The largest absolute Gasteiger partial charge is 0.341 e. The molecule has 1 aliphatic heterocycles. The van der Waals surface area contributed by atoms with Crippen LogP contribution in [0.4, 0.5) is 0 Å². The van der Waals surface area contributed by atoms with Crippen LogP contribution in [0.2, 0.25) is 0 Å². The molecule has 5 nitrogen and oxygen atoms in total. The average Bonchev–Trinajstić information content (AvgIpc) is 2.89. The van der Waals surface area contributed by atoms with Crippen molar-refractivity contribution < 1.29 is 4.79 Å². The average molecular weight is 300 g/mol. The molecule has 1 amide bonds. The van der Waals surface area contributed by atoms with Crippen molar-refractivity contribution in [1.29, 1.82) is 0 Å². The van der Waals surface area contributed by atoms with Crippen LogP contribution in [0.3, 0.4) is 0 Å². The molecule has 1 fully saturated rings. The van der Waals surface area contributed by atoms with Crippen LogP contribution in [0.25, 0.3) is 11.0 Å². The minimum atomic E-state index is -0.0971. The van der Waals surface area contributed by atoms with Crippen molar-refractivity contribution >= 4 is 16.9 Å². The van der Waals surface area contributed by atoms with Gasteiger partial charge in [-0.3, -0.25) is 4.79 Å². The molecular formula is C17H24N4O. The summed E-state index contributed by atoms with van der Waals surface area (Å²) in [6, 6.07) is 1.98. The first-order valence-electron chi connectivity index (χ1n) is 8.05. The number of carbonyl (C=O) groups is 1. The molecule has 3 rings (SSSR count). The summed E-state index contributed by atoms with van der Waals surface area (Å²) >= 11 is 0. The third-order valence-electron chi connectivity index (χ3n) is 4.19. The van der Waals surface area contributed by atoms with Gasteiger partial charge in [-0.2, -0.15) is 0 Å². The fourth-order valence-electron chi connectivity index (χ4n) is 2.85. The van der Waals surface area contributed by atoms with Gasteiger partial charge in [-0.1, -0.05) is 20.8 Å². The molecule has 0 bridgehead atoms. The molecule has 0 spiro atoms. The molecule has 2 aromatic heterocycles. The van der Waals surface area contributed by atoms with Crippen molar-refractivity contribution in [1.82, 2.24) is 19.4 Å². The van der Waals surface area contributed by atoms with Crippen LogP contribution < -0.4 is 0 Å². The molecule has 0 radical (unpaired) electrons. The molecule has 0 unspecified atom stereocenters. The number of nitrogens with zero attached hydrogens (tertiary/aromatic N) is 4. The Morgan fingerprint density at radius 1 is 1.23 bits per heavy atom. The monoisotopic (exact) mass is 300 g/mol. The highest BCUT2D eigenvalue weighted by Crippen LogP contribution is 2.21. The number of amides is 1. The van der Waals surface area contributed by atoms with Crippen LogP contribution in [0.5, 0.6) is 0 Å². The smallest absolute Gasteiger partial charge is 0.242 e. The topological polar surface area (TPSA) is 51.0 Å². The molecule has 118 valence electrons. The summed E-state index contributed by atoms with van der Waals surface area (Å²) in [5.74, 6) is 0.999. The van der Waals surface area contributed by atoms with E-state index in [4.69, 9.17) is 0 Å². The quantitative estimate of drug-likeness (QED) is 0.857. The van der Waals surface area contributed by atoms with Gasteiger partial charge in [0.25, 0.3) is 0 Å². The molecule has 22 heavy (non-hydrogen) atoms. The maximum Gasteiger partial charge on any atom is 0.242 e. The third kappa shape index (κ3) is 2.98. The van der Waals surface area contributed by atoms with Crippen LogP contribution in [0.15, 0.2) is 18.5 Å². The van der Waals surface area contributed by atoms with Crippen molar-refractivity contribution in [3.8, 4) is 0 Å². The minimum Gasteiger partial charge on any atom is -0.341 e. The predicted octanol–water partition coefficient (Wildman–Crippen LogP) is 2.74. The summed E-state index contributed by atoms with van der Waals surface area (Å²) in [6.45, 7) is 8.44. The second-order valence-electron chi connectivity index (χ2n) is 7.11. The van der Waals surface area contributed by atoms with E-state index >= 15 is 0 Å². The lowest BCUT2D eigenvalue weighted by atomic mass is 9.96. The molecule has 0 N–H and O–H groups in total. The fourth-order valence-corrected chi connectivity index (χ4v) is 2.85. The number of rotatable bonds is 2. The normalized spacial score (nSPS) is 16.2. The Balaban J connectivity index is 1.85. The Labute approximate surface area is 131 Å². The number of likely N-dealkylation sites (tertiary alicyclic amines) is 1. The van der Waals surface area contributed by atoms with E-state index in [2.05, 4.69) is 30.7 Å². The Morgan fingerprint density at radius 3 is 2.64 bits per heavy atom. The Bertz CT molecular complexity index is 678. The van der Waals surface area contributed by atoms with Crippen molar-refractivity contribution in [2.75, 3.05) is 13.1 Å². The van der Waals surface area contributed by atoms with Crippen LogP contribution >= 0.6 is 0 Å². The summed E-state index contributed by atoms with van der Waals surface area (Å²) in [5.41, 5.74) is 0.755. The lowest BCUT2D eigenvalue weighted by molar-refractivity contribution is -0.132. The Kier molecular flexibility index (Phi) is 3.89. The summed E-state index contributed by atoms with van der Waals surface area (Å²) in [4.78, 5) is 23.6. The maximum atomic E-state index is 12.5. The van der Waals surface area contributed by atoms with Gasteiger partial charge in [-0.15, -0.1) is 0 Å². The number of carbonyl (C=O) groups excluding carboxylic acids is 1. The first-order chi connectivity index (χ1) is 10.4. The van der Waals surface area contributed by atoms with Crippen molar-refractivity contribution in [2.45, 2.75) is 52.0 Å². The number of hydrogen-bond donors (Lipinski definition) is 0. The number of hydrogen-bond acceptors (Lipinski definition) is 3. The maximum absolute atomic E-state index is 12.5. The molecule has 5 heteroatoms. The first-order valence-corrected chi connectivity index (χ1v) is 8.05. The lowest BCUT2D eigenvalue weighted by Gasteiger charge is -2.27. The van der Waals surface area contributed by atoms with Gasteiger partial charge in [0.1, 0.15) is 18.0 Å². The van der Waals surface area contributed by atoms with Gasteiger partial charge in [0, 0.05) is 36.3 Å². The zero-order valence-electron chi connectivity index (χ0n) is 13.7. The molecular weight excluding hydrogens is 276 g/mol. The minimum absolute atomic E-state index is 0.0971. The third-order valence-corrected chi connectivity index (χ3v) is 4.19. The van der Waals surface area contributed by atoms with Crippen LogP contribution in [-0.4, -0.2) is 38.4 Å². The summed E-state index contributed by atoms with van der Waals surface area (Å²) in [6.07, 6.45) is 7.26. The summed E-state index contributed by atoms with van der Waals surface area (Å²) in [5, 5.41) is 0.986. The van der Waals surface area contributed by atoms with E-state index in [9.17, 15) is 4.79 Å². The molecule has 0 saturated carbocycles. The Morgan fingerprint density at radius 2 is 1.95 bits per heavy atom. The molecule has 0 aliphatic carbocycles. The van der Waals surface area contributed by atoms with E-state index < -0.39 is 0 Å². The van der Waals surface area contributed by atoms with E-state index in [1.165, 1.54) is 6.42 Å². The van der Waals surface area contributed by atoms with Crippen LogP contribution in [0, 0.1) is 0 Å². The van der Waals surface area contributed by atoms with Crippen molar-refractivity contribution in [3.05, 3.63) is 24.3 Å². The molecule has 2 aromatic rings. The molecule has 3 heterocycles. The SMILES string of the molecule is CC(C)(C)c1ncc2ccn(CC(=O)N3CCCCC3)c2n1. The highest BCUT2D eigenvalue weighted by atomic mass is 16.2. The van der Waals surface area contributed by atoms with E-state index in [-0.39, 0.29) is 11.3 Å². The van der Waals surface area contributed by atoms with E-state index in [1.807, 2.05) is 27.9 Å². The highest BCUT2D eigenvalue weighted by molar-refractivity contribution is 5.80. The van der Waals surface area contributed by atoms with Gasteiger partial charge in [-0.05, 0) is 25.3 Å². The van der Waals surface area contributed by atoms with Crippen LogP contribution in [-0.2, 0) is 16.8 Å². The second-order valence-corrected chi connectivity index (χ2v) is 7.11. The number of piperidine rings is 1. The van der Waals surface area contributed by atoms with E-state index in [0.29, 0.717) is 6.54 Å². The van der Waals surface area contributed by atoms with Gasteiger partial charge < -0.3 is 9.47 Å². The zero-order valence-corrected chi connectivity index (χ0v) is 13.7. The van der Waals surface area contributed by atoms with Crippen molar-refractivity contribution in [3.63, 3.8) is 0 Å². The molecule has 1 aliphatic rings. The van der Waals surface area contributed by atoms with E-state index in [0.717, 1.165) is 42.8 Å². The lowest BCUT2D eigenvalue weighted by Crippen LogP contribution is -2.37. The standard InChI is InChI=1S/C17H24N4O/c1-17(2,3)16-18-11-13-7-10-21(15(13)19-16)12-14(22)20-8-5-4-6-9-20/h7,10-11H,4-6,8-9,12H2,1-3H3. The highest BCUT2D eigenvalue weighted by Gasteiger charge is 2.20.